The molecule has 0 aromatic heterocycles. The van der Waals surface area contributed by atoms with E-state index in [0.29, 0.717) is 25.1 Å². The number of likely N-dealkylation sites (N-methyl/N-ethyl adjacent to an activating group) is 1. The Morgan fingerprint density at radius 3 is 2.23 bits per heavy atom. The number of rotatable bonds is 12. The summed E-state index contributed by atoms with van der Waals surface area (Å²) >= 11 is 0. The maximum absolute atomic E-state index is 12.8. The van der Waals surface area contributed by atoms with Crippen LogP contribution in [-0.4, -0.2) is 49.5 Å². The highest BCUT2D eigenvalue weighted by molar-refractivity contribution is 5.97. The molecular formula is C21H33N5O5. The Hall–Kier alpha value is -3.14. The molecule has 0 aliphatic carbocycles. The molecular weight excluding hydrogens is 402 g/mol. The summed E-state index contributed by atoms with van der Waals surface area (Å²) < 4.78 is 4.94. The highest BCUT2D eigenvalue weighted by atomic mass is 16.5. The van der Waals surface area contributed by atoms with Gasteiger partial charge in [0, 0.05) is 19.2 Å². The number of hydrogen-bond acceptors (Lipinski definition) is 6. The van der Waals surface area contributed by atoms with Gasteiger partial charge in [-0.1, -0.05) is 26.0 Å². The van der Waals surface area contributed by atoms with Crippen molar-refractivity contribution in [3.05, 3.63) is 29.8 Å². The Bertz CT molecular complexity index is 751. The predicted octanol–water partition coefficient (Wildman–Crippen LogP) is 0.866. The maximum atomic E-state index is 12.8. The Kier molecular flexibility index (Phi) is 11.0. The molecule has 4 amide bonds. The fourth-order valence-corrected chi connectivity index (χ4v) is 2.91. The number of carbonyl (C=O) groups excluding carboxylic acids is 4. The molecule has 10 heteroatoms. The number of carbonyl (C=O) groups is 4. The van der Waals surface area contributed by atoms with Crippen LogP contribution in [0.4, 0.5) is 10.5 Å². The zero-order valence-corrected chi connectivity index (χ0v) is 18.5. The number of nitrogens with one attached hydrogen (secondary N) is 4. The zero-order valence-electron chi connectivity index (χ0n) is 18.5. The quantitative estimate of drug-likeness (QED) is 0.243. The molecule has 0 saturated carbocycles. The molecule has 0 bridgehead atoms. The number of esters is 1. The van der Waals surface area contributed by atoms with Crippen LogP contribution in [0.25, 0.3) is 0 Å². The number of anilines is 1. The van der Waals surface area contributed by atoms with Crippen LogP contribution < -0.4 is 27.0 Å². The van der Waals surface area contributed by atoms with Gasteiger partial charge in [-0.25, -0.2) is 4.79 Å². The number of urea groups is 1. The van der Waals surface area contributed by atoms with Crippen molar-refractivity contribution < 1.29 is 23.9 Å². The number of amides is 4. The Morgan fingerprint density at radius 2 is 1.71 bits per heavy atom. The van der Waals surface area contributed by atoms with Crippen molar-refractivity contribution in [3.63, 3.8) is 0 Å². The Labute approximate surface area is 182 Å². The van der Waals surface area contributed by atoms with Gasteiger partial charge in [0.1, 0.15) is 12.6 Å². The van der Waals surface area contributed by atoms with Crippen LogP contribution >= 0.6 is 0 Å². The van der Waals surface area contributed by atoms with E-state index in [1.165, 1.54) is 6.92 Å². The lowest BCUT2D eigenvalue weighted by Gasteiger charge is -2.24. The minimum Gasteiger partial charge on any atom is -0.461 e. The first-order valence-electron chi connectivity index (χ1n) is 10.2. The van der Waals surface area contributed by atoms with E-state index in [1.54, 1.807) is 31.3 Å². The molecule has 0 aliphatic rings. The van der Waals surface area contributed by atoms with E-state index in [1.807, 2.05) is 13.8 Å². The Balaban J connectivity index is 2.80. The van der Waals surface area contributed by atoms with Crippen LogP contribution in [0.15, 0.2) is 24.3 Å². The summed E-state index contributed by atoms with van der Waals surface area (Å²) in [5.41, 5.74) is 6.38. The summed E-state index contributed by atoms with van der Waals surface area (Å²) in [5, 5.41) is 11.0. The van der Waals surface area contributed by atoms with Crippen LogP contribution in [0.2, 0.25) is 0 Å². The standard InChI is InChI=1S/C21H33N5O5/c1-13(2)18(23-4)20(29)26-17(6-5-11-24-21(22)30)19(28)25-16-9-7-15(8-10-16)12-31-14(3)27/h7-10,13,17-18,23H,5-6,11-12H2,1-4H3,(H,25,28)(H,26,29)(H3,22,24,30)/t17-,18-/m1/s1. The molecule has 0 saturated heterocycles. The third-order valence-corrected chi connectivity index (χ3v) is 4.53. The second kappa shape index (κ2) is 13.2. The fourth-order valence-electron chi connectivity index (χ4n) is 2.91. The summed E-state index contributed by atoms with van der Waals surface area (Å²) in [6, 6.07) is 4.96. The molecule has 6 N–H and O–H groups in total. The number of ether oxygens (including phenoxy) is 1. The number of hydrogen-bond donors (Lipinski definition) is 5. The van der Waals surface area contributed by atoms with E-state index in [4.69, 9.17) is 10.5 Å². The van der Waals surface area contributed by atoms with E-state index in [-0.39, 0.29) is 30.3 Å². The molecule has 0 heterocycles. The number of primary amides is 1. The van der Waals surface area contributed by atoms with E-state index in [0.717, 1.165) is 5.56 Å². The van der Waals surface area contributed by atoms with Crippen LogP contribution in [0.1, 0.15) is 39.2 Å². The smallest absolute Gasteiger partial charge is 0.312 e. The van der Waals surface area contributed by atoms with E-state index in [2.05, 4.69) is 21.3 Å². The molecule has 31 heavy (non-hydrogen) atoms. The van der Waals surface area contributed by atoms with Crippen molar-refractivity contribution in [1.82, 2.24) is 16.0 Å². The summed E-state index contributed by atoms with van der Waals surface area (Å²) in [6.07, 6.45) is 0.769. The second-order valence-electron chi connectivity index (χ2n) is 7.47. The highest BCUT2D eigenvalue weighted by Crippen LogP contribution is 2.12. The molecule has 0 spiro atoms. The fraction of sp³-hybridized carbons (Fsp3) is 0.524. The lowest BCUT2D eigenvalue weighted by molar-refractivity contribution is -0.142. The first-order valence-corrected chi connectivity index (χ1v) is 10.2. The van der Waals surface area contributed by atoms with Gasteiger partial charge in [-0.3, -0.25) is 14.4 Å². The average Bonchev–Trinajstić information content (AvgIpc) is 2.69. The molecule has 172 valence electrons. The molecule has 0 radical (unpaired) electrons. The van der Waals surface area contributed by atoms with Gasteiger partial charge in [0.05, 0.1) is 6.04 Å². The van der Waals surface area contributed by atoms with Crippen LogP contribution in [0.3, 0.4) is 0 Å². The van der Waals surface area contributed by atoms with Crippen molar-refractivity contribution in [2.75, 3.05) is 18.9 Å². The summed E-state index contributed by atoms with van der Waals surface area (Å²) in [7, 11) is 1.69. The molecule has 0 fully saturated rings. The second-order valence-corrected chi connectivity index (χ2v) is 7.47. The average molecular weight is 436 g/mol. The van der Waals surface area contributed by atoms with Gasteiger partial charge in [0.15, 0.2) is 0 Å². The van der Waals surface area contributed by atoms with Gasteiger partial charge in [0.25, 0.3) is 0 Å². The van der Waals surface area contributed by atoms with E-state index < -0.39 is 18.1 Å². The molecule has 1 rings (SSSR count). The maximum Gasteiger partial charge on any atom is 0.312 e. The van der Waals surface area contributed by atoms with Crippen LogP contribution in [0, 0.1) is 5.92 Å². The third kappa shape index (κ3) is 9.94. The van der Waals surface area contributed by atoms with Crippen LogP contribution in [0.5, 0.6) is 0 Å². The zero-order chi connectivity index (χ0) is 23.4. The third-order valence-electron chi connectivity index (χ3n) is 4.53. The number of nitrogens with two attached hydrogens (primary N) is 1. The van der Waals surface area contributed by atoms with Crippen molar-refractivity contribution >= 4 is 29.5 Å². The monoisotopic (exact) mass is 435 g/mol. The minimum absolute atomic E-state index is 0.0370. The van der Waals surface area contributed by atoms with E-state index in [9.17, 15) is 19.2 Å². The van der Waals surface area contributed by atoms with Crippen molar-refractivity contribution in [2.24, 2.45) is 11.7 Å². The molecule has 1 aromatic carbocycles. The summed E-state index contributed by atoms with van der Waals surface area (Å²) in [5.74, 6) is -0.992. The lowest BCUT2D eigenvalue weighted by atomic mass is 10.0. The molecule has 10 nitrogen and oxygen atoms in total. The molecule has 1 aromatic rings. The van der Waals surface area contributed by atoms with E-state index >= 15 is 0 Å². The van der Waals surface area contributed by atoms with Crippen LogP contribution in [-0.2, 0) is 25.7 Å². The van der Waals surface area contributed by atoms with Gasteiger partial charge in [-0.05, 0) is 43.5 Å². The van der Waals surface area contributed by atoms with Gasteiger partial charge < -0.3 is 31.7 Å². The normalized spacial score (nSPS) is 12.5. The Morgan fingerprint density at radius 1 is 1.06 bits per heavy atom. The largest absolute Gasteiger partial charge is 0.461 e. The molecule has 2 atom stereocenters. The van der Waals surface area contributed by atoms with Gasteiger partial charge >= 0.3 is 12.0 Å². The summed E-state index contributed by atoms with van der Waals surface area (Å²) in [6.45, 7) is 5.59. The predicted molar refractivity (Wildman–Crippen MR) is 117 cm³/mol. The summed E-state index contributed by atoms with van der Waals surface area (Å²) in [4.78, 5) is 47.2. The first-order chi connectivity index (χ1) is 14.6. The van der Waals surface area contributed by atoms with Crippen molar-refractivity contribution in [3.8, 4) is 0 Å². The first kappa shape index (κ1) is 25.9. The van der Waals surface area contributed by atoms with Crippen molar-refractivity contribution in [2.45, 2.75) is 52.3 Å². The highest BCUT2D eigenvalue weighted by Gasteiger charge is 2.26. The molecule has 0 unspecified atom stereocenters. The van der Waals surface area contributed by atoms with Gasteiger partial charge in [-0.15, -0.1) is 0 Å². The van der Waals surface area contributed by atoms with Gasteiger partial charge in [-0.2, -0.15) is 0 Å². The van der Waals surface area contributed by atoms with Crippen molar-refractivity contribution in [1.29, 1.82) is 0 Å². The lowest BCUT2D eigenvalue weighted by Crippen LogP contribution is -2.52. The minimum atomic E-state index is -0.794. The molecule has 0 aliphatic heterocycles. The SMILES string of the molecule is CN[C@@H](C(=O)N[C@H](CCCNC(N)=O)C(=O)Nc1ccc(COC(C)=O)cc1)C(C)C. The van der Waals surface area contributed by atoms with Gasteiger partial charge in [0.2, 0.25) is 11.8 Å². The topological polar surface area (TPSA) is 152 Å². The number of benzene rings is 1.